The third-order valence-electron chi connectivity index (χ3n) is 4.37. The van der Waals surface area contributed by atoms with Crippen molar-refractivity contribution in [2.24, 2.45) is 4.99 Å². The average molecular weight is 356 g/mol. The molecule has 0 bridgehead atoms. The number of aliphatic imine (C=N–C) groups is 1. The van der Waals surface area contributed by atoms with E-state index in [1.807, 2.05) is 39.4 Å². The molecule has 0 aliphatic heterocycles. The molecule has 1 aliphatic rings. The van der Waals surface area contributed by atoms with Gasteiger partial charge in [-0.1, -0.05) is 12.1 Å². The minimum atomic E-state index is -0.239. The van der Waals surface area contributed by atoms with Crippen molar-refractivity contribution in [3.8, 4) is 0 Å². The second kappa shape index (κ2) is 7.83. The van der Waals surface area contributed by atoms with Gasteiger partial charge < -0.3 is 9.64 Å². The van der Waals surface area contributed by atoms with Crippen LogP contribution in [0.15, 0.2) is 29.3 Å². The van der Waals surface area contributed by atoms with Gasteiger partial charge >= 0.3 is 5.97 Å². The normalized spacial score (nSPS) is 13.7. The standard InChI is InChI=1S/C20H24N2O2S/c1-4-24-20(23)18-16-7-5-6-8-17(16)25-19(18)21-13-14-9-11-15(12-10-14)22(2)3/h9-13H,4-8H2,1-3H3/b21-13+. The van der Waals surface area contributed by atoms with Crippen molar-refractivity contribution in [1.29, 1.82) is 0 Å². The van der Waals surface area contributed by atoms with Crippen LogP contribution in [0.5, 0.6) is 0 Å². The van der Waals surface area contributed by atoms with Crippen LogP contribution in [-0.4, -0.2) is 32.9 Å². The lowest BCUT2D eigenvalue weighted by molar-refractivity contribution is 0.0526. The molecule has 1 heterocycles. The van der Waals surface area contributed by atoms with Gasteiger partial charge in [0, 0.05) is 30.9 Å². The number of anilines is 1. The number of rotatable bonds is 5. The fourth-order valence-corrected chi connectivity index (χ4v) is 4.27. The maximum Gasteiger partial charge on any atom is 0.341 e. The summed E-state index contributed by atoms with van der Waals surface area (Å²) >= 11 is 1.64. The molecule has 0 N–H and O–H groups in total. The van der Waals surface area contributed by atoms with Gasteiger partial charge in [-0.25, -0.2) is 9.79 Å². The summed E-state index contributed by atoms with van der Waals surface area (Å²) < 4.78 is 5.28. The lowest BCUT2D eigenvalue weighted by atomic mass is 9.95. The van der Waals surface area contributed by atoms with Crippen molar-refractivity contribution in [3.63, 3.8) is 0 Å². The smallest absolute Gasteiger partial charge is 0.341 e. The van der Waals surface area contributed by atoms with Crippen molar-refractivity contribution < 1.29 is 9.53 Å². The lowest BCUT2D eigenvalue weighted by Crippen LogP contribution is -2.09. The van der Waals surface area contributed by atoms with Crippen LogP contribution in [0.1, 0.15) is 46.1 Å². The third kappa shape index (κ3) is 3.93. The number of nitrogens with zero attached hydrogens (tertiary/aromatic N) is 2. The second-order valence-electron chi connectivity index (χ2n) is 6.36. The van der Waals surface area contributed by atoms with Gasteiger partial charge in [-0.3, -0.25) is 0 Å². The first-order chi connectivity index (χ1) is 12.1. The first-order valence-electron chi connectivity index (χ1n) is 8.73. The van der Waals surface area contributed by atoms with Crippen molar-refractivity contribution in [2.45, 2.75) is 32.6 Å². The Morgan fingerprint density at radius 2 is 1.96 bits per heavy atom. The maximum absolute atomic E-state index is 12.4. The maximum atomic E-state index is 12.4. The summed E-state index contributed by atoms with van der Waals surface area (Å²) in [6.45, 7) is 2.23. The van der Waals surface area contributed by atoms with Crippen LogP contribution >= 0.6 is 11.3 Å². The van der Waals surface area contributed by atoms with Crippen LogP contribution in [-0.2, 0) is 17.6 Å². The van der Waals surface area contributed by atoms with E-state index in [0.29, 0.717) is 12.2 Å². The number of esters is 1. The molecule has 4 nitrogen and oxygen atoms in total. The quantitative estimate of drug-likeness (QED) is 0.580. The van der Waals surface area contributed by atoms with E-state index in [9.17, 15) is 4.79 Å². The summed E-state index contributed by atoms with van der Waals surface area (Å²) in [5, 5.41) is 0.780. The largest absolute Gasteiger partial charge is 0.462 e. The monoisotopic (exact) mass is 356 g/mol. The Morgan fingerprint density at radius 1 is 1.24 bits per heavy atom. The van der Waals surface area contributed by atoms with Crippen LogP contribution in [0, 0.1) is 0 Å². The zero-order chi connectivity index (χ0) is 17.8. The molecule has 5 heteroatoms. The minimum absolute atomic E-state index is 0.239. The third-order valence-corrected chi connectivity index (χ3v) is 5.57. The molecule has 0 unspecified atom stereocenters. The van der Waals surface area contributed by atoms with Gasteiger partial charge in [-0.05, 0) is 55.9 Å². The topological polar surface area (TPSA) is 41.9 Å². The van der Waals surface area contributed by atoms with Crippen LogP contribution in [0.2, 0.25) is 0 Å². The molecule has 0 amide bonds. The first-order valence-corrected chi connectivity index (χ1v) is 9.55. The molecule has 1 aromatic carbocycles. The molecule has 0 radical (unpaired) electrons. The fraction of sp³-hybridized carbons (Fsp3) is 0.400. The average Bonchev–Trinajstić information content (AvgIpc) is 2.99. The summed E-state index contributed by atoms with van der Waals surface area (Å²) in [7, 11) is 4.04. The molecule has 1 aliphatic carbocycles. The van der Waals surface area contributed by atoms with E-state index in [2.05, 4.69) is 22.0 Å². The molecule has 2 aromatic rings. The number of ether oxygens (including phenoxy) is 1. The number of hydrogen-bond donors (Lipinski definition) is 0. The number of aryl methyl sites for hydroxylation is 1. The fourth-order valence-electron chi connectivity index (χ4n) is 3.05. The molecule has 0 saturated heterocycles. The minimum Gasteiger partial charge on any atom is -0.462 e. The van der Waals surface area contributed by atoms with Gasteiger partial charge in [0.1, 0.15) is 5.00 Å². The van der Waals surface area contributed by atoms with E-state index in [1.165, 1.54) is 11.3 Å². The summed E-state index contributed by atoms with van der Waals surface area (Å²) in [6, 6.07) is 8.20. The van der Waals surface area contributed by atoms with Crippen molar-refractivity contribution in [2.75, 3.05) is 25.6 Å². The Morgan fingerprint density at radius 3 is 2.64 bits per heavy atom. The van der Waals surface area contributed by atoms with Crippen LogP contribution in [0.3, 0.4) is 0 Å². The van der Waals surface area contributed by atoms with E-state index in [1.54, 1.807) is 11.3 Å². The molecule has 3 rings (SSSR count). The Balaban J connectivity index is 1.90. The molecular formula is C20H24N2O2S. The van der Waals surface area contributed by atoms with Crippen molar-refractivity contribution in [1.82, 2.24) is 0 Å². The number of carbonyl (C=O) groups excluding carboxylic acids is 1. The van der Waals surface area contributed by atoms with E-state index < -0.39 is 0 Å². The Labute approximate surface area is 153 Å². The zero-order valence-corrected chi connectivity index (χ0v) is 15.9. The van der Waals surface area contributed by atoms with Gasteiger partial charge in [0.25, 0.3) is 0 Å². The zero-order valence-electron chi connectivity index (χ0n) is 15.0. The highest BCUT2D eigenvalue weighted by Crippen LogP contribution is 2.40. The predicted octanol–water partition coefficient (Wildman–Crippen LogP) is 4.62. The Bertz CT molecular complexity index is 776. The van der Waals surface area contributed by atoms with Gasteiger partial charge in [-0.2, -0.15) is 0 Å². The van der Waals surface area contributed by atoms with Crippen molar-refractivity contribution >= 4 is 34.2 Å². The van der Waals surface area contributed by atoms with E-state index in [4.69, 9.17) is 4.74 Å². The molecule has 132 valence electrons. The van der Waals surface area contributed by atoms with E-state index in [-0.39, 0.29) is 5.97 Å². The van der Waals surface area contributed by atoms with Gasteiger partial charge in [0.2, 0.25) is 0 Å². The summed E-state index contributed by atoms with van der Waals surface area (Å²) in [5.74, 6) is -0.239. The van der Waals surface area contributed by atoms with Gasteiger partial charge in [0.05, 0.1) is 12.2 Å². The van der Waals surface area contributed by atoms with Crippen LogP contribution in [0.4, 0.5) is 10.7 Å². The molecule has 1 aromatic heterocycles. The summed E-state index contributed by atoms with van der Waals surface area (Å²) in [6.07, 6.45) is 6.14. The predicted molar refractivity (Wildman–Crippen MR) is 105 cm³/mol. The first kappa shape index (κ1) is 17.7. The van der Waals surface area contributed by atoms with Crippen LogP contribution in [0.25, 0.3) is 0 Å². The highest BCUT2D eigenvalue weighted by molar-refractivity contribution is 7.16. The summed E-state index contributed by atoms with van der Waals surface area (Å²) in [4.78, 5) is 20.4. The Hall–Kier alpha value is -2.14. The molecular weight excluding hydrogens is 332 g/mol. The molecule has 0 saturated carbocycles. The van der Waals surface area contributed by atoms with Crippen LogP contribution < -0.4 is 4.90 Å². The molecule has 25 heavy (non-hydrogen) atoms. The molecule has 0 spiro atoms. The Kier molecular flexibility index (Phi) is 5.53. The number of fused-ring (bicyclic) bond motifs is 1. The van der Waals surface area contributed by atoms with Gasteiger partial charge in [0.15, 0.2) is 0 Å². The highest BCUT2D eigenvalue weighted by Gasteiger charge is 2.25. The highest BCUT2D eigenvalue weighted by atomic mass is 32.1. The van der Waals surface area contributed by atoms with Crippen molar-refractivity contribution in [3.05, 3.63) is 45.8 Å². The SMILES string of the molecule is CCOC(=O)c1c(/N=C/c2ccc(N(C)C)cc2)sc2c1CCCC2. The van der Waals surface area contributed by atoms with Gasteiger partial charge in [-0.15, -0.1) is 11.3 Å². The number of thiophene rings is 1. The number of hydrogen-bond acceptors (Lipinski definition) is 5. The molecule has 0 fully saturated rings. The lowest BCUT2D eigenvalue weighted by Gasteiger charge is -2.12. The molecule has 0 atom stereocenters. The van der Waals surface area contributed by atoms with E-state index >= 15 is 0 Å². The van der Waals surface area contributed by atoms with E-state index in [0.717, 1.165) is 41.1 Å². The number of carbonyl (C=O) groups is 1. The second-order valence-corrected chi connectivity index (χ2v) is 7.44. The summed E-state index contributed by atoms with van der Waals surface area (Å²) in [5.41, 5.74) is 4.01. The number of benzene rings is 1.